The lowest BCUT2D eigenvalue weighted by molar-refractivity contribution is 0.195. The molecule has 0 amide bonds. The molecule has 0 aliphatic heterocycles. The molecule has 80 valence electrons. The van der Waals surface area contributed by atoms with E-state index in [2.05, 4.69) is 4.98 Å². The fourth-order valence-electron chi connectivity index (χ4n) is 1.07. The summed E-state index contributed by atoms with van der Waals surface area (Å²) in [5.74, 6) is 0.625. The molecular formula is C9H16N2O2S. The number of aliphatic hydroxyl groups excluding tert-OH is 1. The first kappa shape index (κ1) is 11.3. The summed E-state index contributed by atoms with van der Waals surface area (Å²) in [6, 6.07) is 0. The highest BCUT2D eigenvalue weighted by Gasteiger charge is 2.14. The Hall–Kier alpha value is -0.810. The maximum Gasteiger partial charge on any atom is 0.229 e. The van der Waals surface area contributed by atoms with Gasteiger partial charge in [-0.05, 0) is 6.92 Å². The van der Waals surface area contributed by atoms with Crippen LogP contribution in [0.4, 0.5) is 5.13 Å². The van der Waals surface area contributed by atoms with Crippen LogP contribution in [0.25, 0.3) is 0 Å². The number of methoxy groups -OCH3 is 1. The summed E-state index contributed by atoms with van der Waals surface area (Å²) < 4.78 is 5.14. The number of nitrogens with zero attached hydrogens (tertiary/aromatic N) is 2. The fraction of sp³-hybridized carbons (Fsp3) is 0.667. The molecule has 0 aliphatic rings. The number of anilines is 1. The van der Waals surface area contributed by atoms with E-state index < -0.39 is 0 Å². The van der Waals surface area contributed by atoms with E-state index in [9.17, 15) is 5.11 Å². The monoisotopic (exact) mass is 216 g/mol. The zero-order valence-corrected chi connectivity index (χ0v) is 9.76. The lowest BCUT2D eigenvalue weighted by Gasteiger charge is -2.05. The summed E-state index contributed by atoms with van der Waals surface area (Å²) >= 11 is 1.55. The smallest absolute Gasteiger partial charge is 0.229 e. The summed E-state index contributed by atoms with van der Waals surface area (Å²) in [4.78, 5) is 7.21. The van der Waals surface area contributed by atoms with Gasteiger partial charge in [0.2, 0.25) is 5.88 Å². The number of hydrogen-bond acceptors (Lipinski definition) is 5. The number of rotatable bonds is 4. The summed E-state index contributed by atoms with van der Waals surface area (Å²) in [6.45, 7) is 1.76. The minimum absolute atomic E-state index is 0.362. The molecule has 5 heteroatoms. The maximum absolute atomic E-state index is 9.28. The van der Waals surface area contributed by atoms with Crippen molar-refractivity contribution in [2.75, 3.05) is 26.1 Å². The second-order valence-electron chi connectivity index (χ2n) is 3.38. The van der Waals surface area contributed by atoms with Crippen LogP contribution in [0.3, 0.4) is 0 Å². The van der Waals surface area contributed by atoms with Crippen LogP contribution in [0.15, 0.2) is 0 Å². The van der Waals surface area contributed by atoms with E-state index in [4.69, 9.17) is 4.74 Å². The Morgan fingerprint density at radius 2 is 2.21 bits per heavy atom. The molecule has 1 rings (SSSR count). The van der Waals surface area contributed by atoms with Crippen molar-refractivity contribution in [1.82, 2.24) is 4.98 Å². The van der Waals surface area contributed by atoms with Crippen molar-refractivity contribution >= 4 is 16.5 Å². The standard InChI is InChI=1S/C9H16N2O2S/c1-6(12)5-7-8(13-4)10-9(14-7)11(2)3/h6,12H,5H2,1-4H3/t6-/m0/s1. The zero-order valence-electron chi connectivity index (χ0n) is 8.94. The lowest BCUT2D eigenvalue weighted by atomic mass is 10.2. The van der Waals surface area contributed by atoms with Crippen LogP contribution in [0.5, 0.6) is 5.88 Å². The van der Waals surface area contributed by atoms with E-state index in [1.165, 1.54) is 0 Å². The molecule has 0 unspecified atom stereocenters. The third-order valence-electron chi connectivity index (χ3n) is 1.71. The molecule has 0 radical (unpaired) electrons. The average Bonchev–Trinajstić information content (AvgIpc) is 2.46. The molecule has 0 saturated heterocycles. The predicted molar refractivity (Wildman–Crippen MR) is 58.4 cm³/mol. The minimum Gasteiger partial charge on any atom is -0.480 e. The molecule has 0 bridgehead atoms. The first-order valence-electron chi connectivity index (χ1n) is 4.43. The van der Waals surface area contributed by atoms with Gasteiger partial charge in [0, 0.05) is 20.5 Å². The van der Waals surface area contributed by atoms with Crippen molar-refractivity contribution in [3.05, 3.63) is 4.88 Å². The Morgan fingerprint density at radius 3 is 2.64 bits per heavy atom. The third-order valence-corrected chi connectivity index (χ3v) is 2.93. The highest BCUT2D eigenvalue weighted by Crippen LogP contribution is 2.31. The topological polar surface area (TPSA) is 45.6 Å². The van der Waals surface area contributed by atoms with Gasteiger partial charge in [-0.3, -0.25) is 0 Å². The van der Waals surface area contributed by atoms with Crippen molar-refractivity contribution in [2.45, 2.75) is 19.4 Å². The number of aliphatic hydroxyl groups is 1. The summed E-state index contributed by atoms with van der Waals surface area (Å²) in [5, 5.41) is 10.2. The van der Waals surface area contributed by atoms with Crippen molar-refractivity contribution in [3.8, 4) is 5.88 Å². The fourth-order valence-corrected chi connectivity index (χ4v) is 2.15. The number of thiazole rings is 1. The minimum atomic E-state index is -0.362. The van der Waals surface area contributed by atoms with E-state index in [1.54, 1.807) is 25.4 Å². The van der Waals surface area contributed by atoms with Crippen molar-refractivity contribution in [1.29, 1.82) is 0 Å². The Balaban J connectivity index is 2.90. The molecule has 14 heavy (non-hydrogen) atoms. The molecule has 0 saturated carbocycles. The van der Waals surface area contributed by atoms with Crippen molar-refractivity contribution in [2.24, 2.45) is 0 Å². The van der Waals surface area contributed by atoms with Gasteiger partial charge in [0.25, 0.3) is 0 Å². The van der Waals surface area contributed by atoms with E-state index >= 15 is 0 Å². The molecule has 4 nitrogen and oxygen atoms in total. The van der Waals surface area contributed by atoms with Crippen LogP contribution in [-0.4, -0.2) is 37.4 Å². The van der Waals surface area contributed by atoms with Gasteiger partial charge >= 0.3 is 0 Å². The Bertz CT molecular complexity index is 297. The summed E-state index contributed by atoms with van der Waals surface area (Å²) in [7, 11) is 5.47. The molecule has 0 aromatic carbocycles. The van der Waals surface area contributed by atoms with E-state index in [-0.39, 0.29) is 6.10 Å². The Kier molecular flexibility index (Phi) is 3.71. The Labute approximate surface area is 88.1 Å². The number of hydrogen-bond donors (Lipinski definition) is 1. The molecule has 1 atom stereocenters. The summed E-state index contributed by atoms with van der Waals surface area (Å²) in [5.41, 5.74) is 0. The highest BCUT2D eigenvalue weighted by molar-refractivity contribution is 7.15. The largest absolute Gasteiger partial charge is 0.480 e. The third kappa shape index (κ3) is 2.59. The SMILES string of the molecule is COc1nc(N(C)C)sc1C[C@H](C)O. The molecular weight excluding hydrogens is 200 g/mol. The first-order chi connectivity index (χ1) is 6.54. The van der Waals surface area contributed by atoms with Crippen molar-refractivity contribution < 1.29 is 9.84 Å². The Morgan fingerprint density at radius 1 is 1.57 bits per heavy atom. The molecule has 0 aliphatic carbocycles. The van der Waals surface area contributed by atoms with Gasteiger partial charge in [0.1, 0.15) is 0 Å². The summed E-state index contributed by atoms with van der Waals surface area (Å²) in [6.07, 6.45) is 0.230. The van der Waals surface area contributed by atoms with Gasteiger partial charge in [-0.2, -0.15) is 4.98 Å². The van der Waals surface area contributed by atoms with Gasteiger partial charge in [0.05, 0.1) is 18.1 Å². The molecule has 1 N–H and O–H groups in total. The number of ether oxygens (including phenoxy) is 1. The maximum atomic E-state index is 9.28. The van der Waals surface area contributed by atoms with Crippen LogP contribution in [0, 0.1) is 0 Å². The van der Waals surface area contributed by atoms with Crippen LogP contribution in [0.2, 0.25) is 0 Å². The number of aromatic nitrogens is 1. The van der Waals surface area contributed by atoms with Gasteiger partial charge < -0.3 is 14.7 Å². The average molecular weight is 216 g/mol. The van der Waals surface area contributed by atoms with E-state index in [0.717, 1.165) is 10.0 Å². The van der Waals surface area contributed by atoms with Crippen molar-refractivity contribution in [3.63, 3.8) is 0 Å². The molecule has 0 fully saturated rings. The van der Waals surface area contributed by atoms with Crippen LogP contribution in [0.1, 0.15) is 11.8 Å². The zero-order chi connectivity index (χ0) is 10.7. The quantitative estimate of drug-likeness (QED) is 0.820. The van der Waals surface area contributed by atoms with E-state index in [0.29, 0.717) is 12.3 Å². The first-order valence-corrected chi connectivity index (χ1v) is 5.25. The molecule has 1 heterocycles. The lowest BCUT2D eigenvalue weighted by Crippen LogP contribution is -2.07. The normalized spacial score (nSPS) is 12.6. The van der Waals surface area contributed by atoms with Gasteiger partial charge in [-0.1, -0.05) is 11.3 Å². The van der Waals surface area contributed by atoms with Gasteiger partial charge in [-0.15, -0.1) is 0 Å². The van der Waals surface area contributed by atoms with E-state index in [1.807, 2.05) is 19.0 Å². The van der Waals surface area contributed by atoms with Gasteiger partial charge in [0.15, 0.2) is 5.13 Å². The van der Waals surface area contributed by atoms with Crippen LogP contribution < -0.4 is 9.64 Å². The molecule has 1 aromatic heterocycles. The second kappa shape index (κ2) is 4.61. The highest BCUT2D eigenvalue weighted by atomic mass is 32.1. The molecule has 0 spiro atoms. The van der Waals surface area contributed by atoms with Crippen LogP contribution >= 0.6 is 11.3 Å². The predicted octanol–water partition coefficient (Wildman–Crippen LogP) is 1.14. The molecule has 1 aromatic rings. The van der Waals surface area contributed by atoms with Gasteiger partial charge in [-0.25, -0.2) is 0 Å². The van der Waals surface area contributed by atoms with Crippen LogP contribution in [-0.2, 0) is 6.42 Å². The second-order valence-corrected chi connectivity index (χ2v) is 4.44.